The minimum absolute atomic E-state index is 0.0470. The van der Waals surface area contributed by atoms with Crippen LogP contribution in [0.3, 0.4) is 0 Å². The van der Waals surface area contributed by atoms with E-state index in [0.29, 0.717) is 0 Å². The van der Waals surface area contributed by atoms with E-state index < -0.39 is 47.8 Å². The Morgan fingerprint density at radius 1 is 1.23 bits per heavy atom. The predicted molar refractivity (Wildman–Crippen MR) is 96.4 cm³/mol. The average Bonchev–Trinajstić information content (AvgIpc) is 2.53. The molecule has 0 N–H and O–H groups in total. The van der Waals surface area contributed by atoms with E-state index in [1.54, 1.807) is 20.8 Å². The van der Waals surface area contributed by atoms with E-state index >= 15 is 0 Å². The second-order valence-electron chi connectivity index (χ2n) is 7.46. The number of halogens is 3. The van der Waals surface area contributed by atoms with Crippen LogP contribution in [0.2, 0.25) is 0 Å². The first-order valence-corrected chi connectivity index (χ1v) is 8.94. The number of amides is 1. The van der Waals surface area contributed by atoms with Gasteiger partial charge in [-0.25, -0.2) is 0 Å². The molecule has 1 aliphatic rings. The van der Waals surface area contributed by atoms with Crippen molar-refractivity contribution >= 4 is 23.5 Å². The first kappa shape index (κ1) is 23.5. The Balaban J connectivity index is 2.34. The number of hydrogen-bond acceptors (Lipinski definition) is 7. The van der Waals surface area contributed by atoms with Gasteiger partial charge in [-0.2, -0.15) is 0 Å². The van der Waals surface area contributed by atoms with Crippen LogP contribution in [0.15, 0.2) is 24.3 Å². The molecule has 30 heavy (non-hydrogen) atoms. The summed E-state index contributed by atoms with van der Waals surface area (Å²) in [7, 11) is 0. The molecule has 1 aromatic rings. The molecule has 1 atom stereocenters. The molecule has 0 aliphatic carbocycles. The fourth-order valence-electron chi connectivity index (χ4n) is 2.80. The number of hydrogen-bond donors (Lipinski definition) is 0. The van der Waals surface area contributed by atoms with Crippen molar-refractivity contribution in [2.24, 2.45) is 0 Å². The van der Waals surface area contributed by atoms with E-state index in [0.717, 1.165) is 24.0 Å². The quantitative estimate of drug-likeness (QED) is 0.660. The molecule has 8 nitrogen and oxygen atoms in total. The van der Waals surface area contributed by atoms with E-state index in [-0.39, 0.29) is 18.8 Å². The lowest BCUT2D eigenvalue weighted by Crippen LogP contribution is -2.60. The lowest BCUT2D eigenvalue weighted by Gasteiger charge is -2.40. The highest BCUT2D eigenvalue weighted by molar-refractivity contribution is 6.02. The molecule has 0 spiro atoms. The first-order valence-electron chi connectivity index (χ1n) is 8.94. The average molecular weight is 433 g/mol. The SMILES string of the molecule is CC(=O)O[C@@]1(CC(=O)OC(C)(C)C)OCCN(c2cccc(OC(F)(F)F)c2)C1=O. The summed E-state index contributed by atoms with van der Waals surface area (Å²) in [6.07, 6.45) is -5.64. The van der Waals surface area contributed by atoms with Crippen LogP contribution in [0.5, 0.6) is 5.75 Å². The van der Waals surface area contributed by atoms with Crippen molar-refractivity contribution in [1.29, 1.82) is 0 Å². The lowest BCUT2D eigenvalue weighted by atomic mass is 10.1. The minimum Gasteiger partial charge on any atom is -0.460 e. The highest BCUT2D eigenvalue weighted by Crippen LogP contribution is 2.33. The maximum absolute atomic E-state index is 13.1. The van der Waals surface area contributed by atoms with Crippen molar-refractivity contribution in [2.45, 2.75) is 51.9 Å². The molecule has 1 aliphatic heterocycles. The van der Waals surface area contributed by atoms with E-state index in [1.165, 1.54) is 12.1 Å². The summed E-state index contributed by atoms with van der Waals surface area (Å²) < 4.78 is 57.0. The van der Waals surface area contributed by atoms with Crippen LogP contribution >= 0.6 is 0 Å². The van der Waals surface area contributed by atoms with E-state index in [4.69, 9.17) is 14.2 Å². The number of anilines is 1. The summed E-state index contributed by atoms with van der Waals surface area (Å²) in [5, 5.41) is 0. The van der Waals surface area contributed by atoms with Crippen molar-refractivity contribution in [3.8, 4) is 5.75 Å². The smallest absolute Gasteiger partial charge is 0.460 e. The largest absolute Gasteiger partial charge is 0.573 e. The zero-order chi connectivity index (χ0) is 22.7. The standard InChI is InChI=1S/C19H22F3NO7/c1-12(24)28-18(11-15(25)30-17(2,3)4)16(26)23(8-9-27-18)13-6-5-7-14(10-13)29-19(20,21)22/h5-7,10H,8-9,11H2,1-4H3/t18-/m1/s1. The zero-order valence-corrected chi connectivity index (χ0v) is 16.9. The second kappa shape index (κ2) is 8.50. The lowest BCUT2D eigenvalue weighted by molar-refractivity contribution is -0.274. The maximum Gasteiger partial charge on any atom is 0.573 e. The number of rotatable bonds is 5. The third kappa shape index (κ3) is 6.34. The number of alkyl halides is 3. The number of esters is 2. The van der Waals surface area contributed by atoms with Gasteiger partial charge in [0.25, 0.3) is 0 Å². The van der Waals surface area contributed by atoms with Gasteiger partial charge in [-0.3, -0.25) is 14.4 Å². The Morgan fingerprint density at radius 3 is 2.47 bits per heavy atom. The van der Waals surface area contributed by atoms with Gasteiger partial charge >= 0.3 is 30.0 Å². The van der Waals surface area contributed by atoms with Crippen LogP contribution in [0.4, 0.5) is 18.9 Å². The van der Waals surface area contributed by atoms with Gasteiger partial charge < -0.3 is 23.8 Å². The molecular weight excluding hydrogens is 411 g/mol. The molecule has 1 saturated heterocycles. The summed E-state index contributed by atoms with van der Waals surface area (Å²) in [4.78, 5) is 38.1. The van der Waals surface area contributed by atoms with Gasteiger partial charge in [0.2, 0.25) is 0 Å². The number of nitrogens with zero attached hydrogens (tertiary/aromatic N) is 1. The van der Waals surface area contributed by atoms with Gasteiger partial charge in [0, 0.05) is 25.2 Å². The molecule has 11 heteroatoms. The summed E-state index contributed by atoms with van der Waals surface area (Å²) in [6.45, 7) is 5.68. The Kier molecular flexibility index (Phi) is 6.65. The number of carbonyl (C=O) groups is 3. The zero-order valence-electron chi connectivity index (χ0n) is 16.9. The topological polar surface area (TPSA) is 91.4 Å². The molecule has 1 heterocycles. The molecule has 0 radical (unpaired) electrons. The van der Waals surface area contributed by atoms with Crippen molar-refractivity contribution in [3.63, 3.8) is 0 Å². The van der Waals surface area contributed by atoms with Crippen LogP contribution < -0.4 is 9.64 Å². The fourth-order valence-corrected chi connectivity index (χ4v) is 2.80. The normalized spacial score (nSPS) is 20.0. The summed E-state index contributed by atoms with van der Waals surface area (Å²) >= 11 is 0. The number of morpholine rings is 1. The van der Waals surface area contributed by atoms with Crippen molar-refractivity contribution < 1.29 is 46.5 Å². The summed E-state index contributed by atoms with van der Waals surface area (Å²) in [5.74, 6) is -5.51. The fraction of sp³-hybridized carbons (Fsp3) is 0.526. The molecule has 0 aromatic heterocycles. The minimum atomic E-state index is -4.91. The van der Waals surface area contributed by atoms with Crippen molar-refractivity contribution in [3.05, 3.63) is 24.3 Å². The van der Waals surface area contributed by atoms with Crippen LogP contribution in [-0.4, -0.2) is 48.7 Å². The van der Waals surface area contributed by atoms with Crippen molar-refractivity contribution in [1.82, 2.24) is 0 Å². The first-order chi connectivity index (χ1) is 13.7. The number of benzene rings is 1. The van der Waals surface area contributed by atoms with Crippen molar-refractivity contribution in [2.75, 3.05) is 18.1 Å². The number of ether oxygens (including phenoxy) is 4. The van der Waals surface area contributed by atoms with E-state index in [1.807, 2.05) is 0 Å². The maximum atomic E-state index is 13.1. The molecule has 0 saturated carbocycles. The van der Waals surface area contributed by atoms with Crippen LogP contribution in [-0.2, 0) is 28.6 Å². The third-order valence-corrected chi connectivity index (χ3v) is 3.69. The third-order valence-electron chi connectivity index (χ3n) is 3.69. The van der Waals surface area contributed by atoms with Gasteiger partial charge in [0.15, 0.2) is 0 Å². The molecule has 166 valence electrons. The Labute approximate surface area is 170 Å². The molecule has 0 unspecified atom stereocenters. The second-order valence-corrected chi connectivity index (χ2v) is 7.46. The van der Waals surface area contributed by atoms with Gasteiger partial charge in [0.05, 0.1) is 6.61 Å². The molecule has 1 fully saturated rings. The monoisotopic (exact) mass is 433 g/mol. The van der Waals surface area contributed by atoms with Gasteiger partial charge in [0.1, 0.15) is 17.8 Å². The number of carbonyl (C=O) groups excluding carboxylic acids is 3. The Hall–Kier alpha value is -2.82. The molecule has 2 rings (SSSR count). The van der Waals surface area contributed by atoms with Crippen LogP contribution in [0.25, 0.3) is 0 Å². The van der Waals surface area contributed by atoms with Gasteiger partial charge in [-0.1, -0.05) is 6.07 Å². The van der Waals surface area contributed by atoms with E-state index in [2.05, 4.69) is 4.74 Å². The van der Waals surface area contributed by atoms with Crippen LogP contribution in [0.1, 0.15) is 34.1 Å². The molecule has 1 amide bonds. The van der Waals surface area contributed by atoms with Gasteiger partial charge in [-0.05, 0) is 32.9 Å². The molecular formula is C19H22F3NO7. The van der Waals surface area contributed by atoms with Crippen LogP contribution in [0, 0.1) is 0 Å². The van der Waals surface area contributed by atoms with E-state index in [9.17, 15) is 27.6 Å². The predicted octanol–water partition coefficient (Wildman–Crippen LogP) is 2.94. The molecule has 1 aromatic carbocycles. The summed E-state index contributed by atoms with van der Waals surface area (Å²) in [5.41, 5.74) is -0.819. The van der Waals surface area contributed by atoms with Gasteiger partial charge in [-0.15, -0.1) is 13.2 Å². The highest BCUT2D eigenvalue weighted by Gasteiger charge is 2.52. The highest BCUT2D eigenvalue weighted by atomic mass is 19.4. The molecule has 0 bridgehead atoms. The summed E-state index contributed by atoms with van der Waals surface area (Å²) in [6, 6.07) is 4.71. The Morgan fingerprint density at radius 2 is 1.90 bits per heavy atom. The Bertz CT molecular complexity index is 819.